The highest BCUT2D eigenvalue weighted by Crippen LogP contribution is 2.30. The summed E-state index contributed by atoms with van der Waals surface area (Å²) in [5, 5.41) is 3.64. The Morgan fingerprint density at radius 1 is 1.29 bits per heavy atom. The minimum atomic E-state index is 0.204. The van der Waals surface area contributed by atoms with Crippen LogP contribution in [0, 0.1) is 11.8 Å². The molecule has 2 aliphatic heterocycles. The molecule has 0 aromatic heterocycles. The Bertz CT molecular complexity index is 384. The van der Waals surface area contributed by atoms with Gasteiger partial charge in [0.25, 0.3) is 0 Å². The zero-order chi connectivity index (χ0) is 15.4. The van der Waals surface area contributed by atoms with Crippen molar-refractivity contribution in [3.05, 3.63) is 0 Å². The molecule has 120 valence electrons. The second-order valence-electron chi connectivity index (χ2n) is 6.71. The monoisotopic (exact) mass is 295 g/mol. The zero-order valence-corrected chi connectivity index (χ0v) is 13.6. The standard InChI is InChI=1S/C16H29N3O2/c1-4-15(20)19-10-12-8-13(11-19)14(17-9-12)6-5-7-16(21)18(2)3/h12-14,17H,4-11H2,1-3H3/t12?,13?,14-/m1/s1. The molecule has 0 spiro atoms. The first-order valence-corrected chi connectivity index (χ1v) is 8.22. The smallest absolute Gasteiger partial charge is 0.222 e. The van der Waals surface area contributed by atoms with E-state index < -0.39 is 0 Å². The minimum absolute atomic E-state index is 0.204. The molecule has 5 heteroatoms. The largest absolute Gasteiger partial charge is 0.349 e. The topological polar surface area (TPSA) is 52.7 Å². The first-order chi connectivity index (χ1) is 10.0. The lowest BCUT2D eigenvalue weighted by Crippen LogP contribution is -2.57. The van der Waals surface area contributed by atoms with Gasteiger partial charge in [0.1, 0.15) is 0 Å². The fourth-order valence-corrected chi connectivity index (χ4v) is 3.63. The van der Waals surface area contributed by atoms with Crippen molar-refractivity contribution in [1.29, 1.82) is 0 Å². The van der Waals surface area contributed by atoms with Gasteiger partial charge in [0.05, 0.1) is 0 Å². The Balaban J connectivity index is 1.82. The van der Waals surface area contributed by atoms with Crippen LogP contribution in [0.15, 0.2) is 0 Å². The van der Waals surface area contributed by atoms with Crippen LogP contribution in [0.5, 0.6) is 0 Å². The number of hydrogen-bond acceptors (Lipinski definition) is 3. The van der Waals surface area contributed by atoms with Crippen molar-refractivity contribution in [2.45, 2.75) is 45.1 Å². The highest BCUT2D eigenvalue weighted by molar-refractivity contribution is 5.76. The Morgan fingerprint density at radius 3 is 2.71 bits per heavy atom. The first kappa shape index (κ1) is 16.3. The average Bonchev–Trinajstić information content (AvgIpc) is 2.48. The number of hydrogen-bond donors (Lipinski definition) is 1. The molecule has 2 bridgehead atoms. The lowest BCUT2D eigenvalue weighted by atomic mass is 9.79. The number of piperidine rings is 2. The molecule has 2 rings (SSSR count). The maximum absolute atomic E-state index is 11.9. The second kappa shape index (κ2) is 7.25. The maximum Gasteiger partial charge on any atom is 0.222 e. The van der Waals surface area contributed by atoms with E-state index in [0.29, 0.717) is 30.7 Å². The lowest BCUT2D eigenvalue weighted by molar-refractivity contribution is -0.134. The molecule has 0 aromatic rings. The first-order valence-electron chi connectivity index (χ1n) is 8.22. The van der Waals surface area contributed by atoms with Gasteiger partial charge in [-0.3, -0.25) is 9.59 Å². The molecule has 2 fully saturated rings. The van der Waals surface area contributed by atoms with Crippen LogP contribution in [-0.4, -0.2) is 61.4 Å². The number of carbonyl (C=O) groups excluding carboxylic acids is 2. The molecular weight excluding hydrogens is 266 g/mol. The Labute approximate surface area is 128 Å². The van der Waals surface area contributed by atoms with Crippen LogP contribution >= 0.6 is 0 Å². The van der Waals surface area contributed by atoms with Gasteiger partial charge < -0.3 is 15.1 Å². The molecule has 3 atom stereocenters. The summed E-state index contributed by atoms with van der Waals surface area (Å²) in [6.07, 6.45) is 4.42. The molecule has 2 heterocycles. The Hall–Kier alpha value is -1.10. The number of nitrogens with zero attached hydrogens (tertiary/aromatic N) is 2. The van der Waals surface area contributed by atoms with Crippen molar-refractivity contribution in [2.24, 2.45) is 11.8 Å². The summed E-state index contributed by atoms with van der Waals surface area (Å²) in [6.45, 7) is 4.76. The van der Waals surface area contributed by atoms with E-state index in [0.717, 1.165) is 32.5 Å². The molecule has 21 heavy (non-hydrogen) atoms. The van der Waals surface area contributed by atoms with E-state index in [2.05, 4.69) is 10.2 Å². The van der Waals surface area contributed by atoms with Gasteiger partial charge in [-0.1, -0.05) is 6.92 Å². The van der Waals surface area contributed by atoms with E-state index in [1.807, 2.05) is 6.92 Å². The Morgan fingerprint density at radius 2 is 2.05 bits per heavy atom. The summed E-state index contributed by atoms with van der Waals surface area (Å²) in [4.78, 5) is 27.3. The molecular formula is C16H29N3O2. The summed E-state index contributed by atoms with van der Waals surface area (Å²) >= 11 is 0. The van der Waals surface area contributed by atoms with E-state index in [-0.39, 0.29) is 11.8 Å². The molecule has 2 unspecified atom stereocenters. The van der Waals surface area contributed by atoms with E-state index in [4.69, 9.17) is 0 Å². The van der Waals surface area contributed by atoms with Crippen molar-refractivity contribution in [1.82, 2.24) is 15.1 Å². The molecule has 0 radical (unpaired) electrons. The zero-order valence-electron chi connectivity index (χ0n) is 13.6. The molecule has 2 aliphatic rings. The van der Waals surface area contributed by atoms with Gasteiger partial charge in [-0.25, -0.2) is 0 Å². The van der Waals surface area contributed by atoms with Crippen LogP contribution < -0.4 is 5.32 Å². The van der Waals surface area contributed by atoms with Crippen LogP contribution in [-0.2, 0) is 9.59 Å². The van der Waals surface area contributed by atoms with Gasteiger partial charge in [0.2, 0.25) is 11.8 Å². The van der Waals surface area contributed by atoms with E-state index >= 15 is 0 Å². The molecule has 2 amide bonds. The van der Waals surface area contributed by atoms with Crippen molar-refractivity contribution < 1.29 is 9.59 Å². The number of fused-ring (bicyclic) bond motifs is 2. The highest BCUT2D eigenvalue weighted by atomic mass is 16.2. The second-order valence-corrected chi connectivity index (χ2v) is 6.71. The summed E-state index contributed by atoms with van der Waals surface area (Å²) in [5.41, 5.74) is 0. The SMILES string of the molecule is CCC(=O)N1CC2CN[C@H](CCCC(=O)N(C)C)C(C2)C1. The molecule has 0 aromatic carbocycles. The van der Waals surface area contributed by atoms with Crippen LogP contribution in [0.4, 0.5) is 0 Å². The van der Waals surface area contributed by atoms with Gasteiger partial charge in [-0.15, -0.1) is 0 Å². The highest BCUT2D eigenvalue weighted by Gasteiger charge is 2.37. The third-order valence-electron chi connectivity index (χ3n) is 4.87. The van der Waals surface area contributed by atoms with E-state index in [9.17, 15) is 9.59 Å². The van der Waals surface area contributed by atoms with Crippen molar-refractivity contribution in [3.8, 4) is 0 Å². The van der Waals surface area contributed by atoms with Gasteiger partial charge in [0.15, 0.2) is 0 Å². The number of nitrogens with one attached hydrogen (secondary N) is 1. The van der Waals surface area contributed by atoms with Crippen LogP contribution in [0.1, 0.15) is 39.0 Å². The number of amides is 2. The van der Waals surface area contributed by atoms with Crippen LogP contribution in [0.3, 0.4) is 0 Å². The molecule has 0 saturated carbocycles. The van der Waals surface area contributed by atoms with Gasteiger partial charge in [-0.05, 0) is 37.6 Å². The predicted molar refractivity (Wildman–Crippen MR) is 82.8 cm³/mol. The van der Waals surface area contributed by atoms with Gasteiger partial charge in [-0.2, -0.15) is 0 Å². The summed E-state index contributed by atoms with van der Waals surface area (Å²) in [5.74, 6) is 1.66. The van der Waals surface area contributed by atoms with E-state index in [1.165, 1.54) is 6.42 Å². The summed E-state index contributed by atoms with van der Waals surface area (Å²) in [6, 6.07) is 0.462. The maximum atomic E-state index is 11.9. The normalized spacial score (nSPS) is 28.3. The molecule has 1 N–H and O–H groups in total. The van der Waals surface area contributed by atoms with Crippen molar-refractivity contribution in [3.63, 3.8) is 0 Å². The van der Waals surface area contributed by atoms with Crippen molar-refractivity contribution >= 4 is 11.8 Å². The fraction of sp³-hybridized carbons (Fsp3) is 0.875. The predicted octanol–water partition coefficient (Wildman–Crippen LogP) is 1.09. The van der Waals surface area contributed by atoms with Crippen LogP contribution in [0.25, 0.3) is 0 Å². The minimum Gasteiger partial charge on any atom is -0.349 e. The average molecular weight is 295 g/mol. The molecule has 5 nitrogen and oxygen atoms in total. The third kappa shape index (κ3) is 4.19. The fourth-order valence-electron chi connectivity index (χ4n) is 3.63. The quantitative estimate of drug-likeness (QED) is 0.826. The molecule has 2 saturated heterocycles. The van der Waals surface area contributed by atoms with Gasteiger partial charge >= 0.3 is 0 Å². The number of likely N-dealkylation sites (tertiary alicyclic amines) is 1. The molecule has 0 aliphatic carbocycles. The van der Waals surface area contributed by atoms with Crippen LogP contribution in [0.2, 0.25) is 0 Å². The third-order valence-corrected chi connectivity index (χ3v) is 4.87. The van der Waals surface area contributed by atoms with Crippen molar-refractivity contribution in [2.75, 3.05) is 33.7 Å². The number of rotatable bonds is 5. The van der Waals surface area contributed by atoms with E-state index in [1.54, 1.807) is 19.0 Å². The lowest BCUT2D eigenvalue weighted by Gasteiger charge is -2.46. The summed E-state index contributed by atoms with van der Waals surface area (Å²) in [7, 11) is 3.61. The number of carbonyl (C=O) groups is 2. The van der Waals surface area contributed by atoms with Gasteiger partial charge in [0, 0.05) is 46.1 Å². The summed E-state index contributed by atoms with van der Waals surface area (Å²) < 4.78 is 0. The Kier molecular flexibility index (Phi) is 5.62.